The van der Waals surface area contributed by atoms with E-state index >= 15 is 0 Å². The molecule has 2 aromatic rings. The average Bonchev–Trinajstić information content (AvgIpc) is 2.47. The van der Waals surface area contributed by atoms with Gasteiger partial charge >= 0.3 is 6.03 Å². The van der Waals surface area contributed by atoms with E-state index in [-0.39, 0.29) is 6.03 Å². The van der Waals surface area contributed by atoms with Gasteiger partial charge in [-0.1, -0.05) is 40.2 Å². The highest BCUT2D eigenvalue weighted by Gasteiger charge is 2.03. The first kappa shape index (κ1) is 16.5. The summed E-state index contributed by atoms with van der Waals surface area (Å²) in [4.78, 5) is 14.0. The Hall–Kier alpha value is -1.85. The fourth-order valence-electron chi connectivity index (χ4n) is 2.09. The van der Waals surface area contributed by atoms with Crippen LogP contribution >= 0.6 is 15.9 Å². The highest BCUT2D eigenvalue weighted by Crippen LogP contribution is 2.14. The Bertz CT molecular complexity index is 626. The molecule has 0 aliphatic carbocycles. The molecule has 0 aromatic heterocycles. The molecule has 0 fully saturated rings. The van der Waals surface area contributed by atoms with E-state index in [0.29, 0.717) is 6.54 Å². The Labute approximate surface area is 139 Å². The SMILES string of the molecule is CN(C)Cc1cccc(CNC(=O)Nc2ccc(Br)cc2)c1. The van der Waals surface area contributed by atoms with Crippen molar-refractivity contribution in [1.29, 1.82) is 0 Å². The van der Waals surface area contributed by atoms with Gasteiger partial charge in [-0.2, -0.15) is 0 Å². The smallest absolute Gasteiger partial charge is 0.319 e. The van der Waals surface area contributed by atoms with E-state index in [1.807, 2.05) is 50.5 Å². The van der Waals surface area contributed by atoms with Gasteiger partial charge in [0.2, 0.25) is 0 Å². The predicted octanol–water partition coefficient (Wildman–Crippen LogP) is 3.83. The zero-order chi connectivity index (χ0) is 15.9. The lowest BCUT2D eigenvalue weighted by Crippen LogP contribution is -2.28. The molecule has 0 saturated heterocycles. The third-order valence-corrected chi connectivity index (χ3v) is 3.57. The highest BCUT2D eigenvalue weighted by molar-refractivity contribution is 9.10. The zero-order valence-corrected chi connectivity index (χ0v) is 14.4. The van der Waals surface area contributed by atoms with Crippen molar-refractivity contribution in [3.05, 3.63) is 64.1 Å². The lowest BCUT2D eigenvalue weighted by atomic mass is 10.1. The molecule has 0 unspecified atom stereocenters. The third kappa shape index (κ3) is 5.50. The molecule has 0 saturated carbocycles. The van der Waals surface area contributed by atoms with E-state index in [4.69, 9.17) is 0 Å². The standard InChI is InChI=1S/C17H20BrN3O/c1-21(2)12-14-5-3-4-13(10-14)11-19-17(22)20-16-8-6-15(18)7-9-16/h3-10H,11-12H2,1-2H3,(H2,19,20,22). The molecule has 0 radical (unpaired) electrons. The van der Waals surface area contributed by atoms with Crippen molar-refractivity contribution in [2.75, 3.05) is 19.4 Å². The van der Waals surface area contributed by atoms with Crippen molar-refractivity contribution in [2.45, 2.75) is 13.1 Å². The lowest BCUT2D eigenvalue weighted by Gasteiger charge is -2.12. The van der Waals surface area contributed by atoms with Crippen molar-refractivity contribution in [3.63, 3.8) is 0 Å². The van der Waals surface area contributed by atoms with Gasteiger partial charge in [-0.05, 0) is 49.5 Å². The Morgan fingerprint density at radius 1 is 1.09 bits per heavy atom. The van der Waals surface area contributed by atoms with Gasteiger partial charge in [-0.15, -0.1) is 0 Å². The zero-order valence-electron chi connectivity index (χ0n) is 12.8. The number of rotatable bonds is 5. The van der Waals surface area contributed by atoms with Crippen LogP contribution in [-0.4, -0.2) is 25.0 Å². The van der Waals surface area contributed by atoms with E-state index in [9.17, 15) is 4.79 Å². The molecule has 4 nitrogen and oxygen atoms in total. The number of urea groups is 1. The fraction of sp³-hybridized carbons (Fsp3) is 0.235. The van der Waals surface area contributed by atoms with Crippen LogP contribution in [0.5, 0.6) is 0 Å². The van der Waals surface area contributed by atoms with E-state index in [1.165, 1.54) is 5.56 Å². The summed E-state index contributed by atoms with van der Waals surface area (Å²) < 4.78 is 0.983. The summed E-state index contributed by atoms with van der Waals surface area (Å²) in [5.41, 5.74) is 3.09. The molecule has 0 atom stereocenters. The number of carbonyl (C=O) groups excluding carboxylic acids is 1. The highest BCUT2D eigenvalue weighted by atomic mass is 79.9. The molecular weight excluding hydrogens is 342 g/mol. The molecule has 0 heterocycles. The van der Waals surface area contributed by atoms with Gasteiger partial charge in [-0.25, -0.2) is 4.79 Å². The summed E-state index contributed by atoms with van der Waals surface area (Å²) in [6.45, 7) is 1.39. The summed E-state index contributed by atoms with van der Waals surface area (Å²) >= 11 is 3.36. The lowest BCUT2D eigenvalue weighted by molar-refractivity contribution is 0.251. The molecule has 2 aromatic carbocycles. The Morgan fingerprint density at radius 2 is 1.77 bits per heavy atom. The molecule has 0 aliphatic rings. The van der Waals surface area contributed by atoms with Crippen LogP contribution in [0.2, 0.25) is 0 Å². The average molecular weight is 362 g/mol. The normalized spacial score (nSPS) is 10.5. The van der Waals surface area contributed by atoms with Crippen LogP contribution in [0.25, 0.3) is 0 Å². The number of anilines is 1. The van der Waals surface area contributed by atoms with E-state index in [2.05, 4.69) is 43.6 Å². The summed E-state index contributed by atoms with van der Waals surface area (Å²) in [5.74, 6) is 0. The van der Waals surface area contributed by atoms with Gasteiger partial charge in [0.15, 0.2) is 0 Å². The van der Waals surface area contributed by atoms with Crippen molar-refractivity contribution >= 4 is 27.6 Å². The number of benzene rings is 2. The van der Waals surface area contributed by atoms with Crippen LogP contribution in [0.15, 0.2) is 53.0 Å². The minimum absolute atomic E-state index is 0.208. The first-order valence-electron chi connectivity index (χ1n) is 7.06. The third-order valence-electron chi connectivity index (χ3n) is 3.05. The number of nitrogens with one attached hydrogen (secondary N) is 2. The molecular formula is C17H20BrN3O. The minimum atomic E-state index is -0.208. The number of nitrogens with zero attached hydrogens (tertiary/aromatic N) is 1. The molecule has 2 N–H and O–H groups in total. The fourth-order valence-corrected chi connectivity index (χ4v) is 2.36. The van der Waals surface area contributed by atoms with Crippen LogP contribution in [0.1, 0.15) is 11.1 Å². The van der Waals surface area contributed by atoms with Crippen LogP contribution in [0.3, 0.4) is 0 Å². The number of hydrogen-bond donors (Lipinski definition) is 2. The number of hydrogen-bond acceptors (Lipinski definition) is 2. The van der Waals surface area contributed by atoms with Crippen LogP contribution in [0.4, 0.5) is 10.5 Å². The van der Waals surface area contributed by atoms with Crippen molar-refractivity contribution in [3.8, 4) is 0 Å². The molecule has 5 heteroatoms. The molecule has 0 spiro atoms. The molecule has 116 valence electrons. The largest absolute Gasteiger partial charge is 0.334 e. The number of halogens is 1. The first-order chi connectivity index (χ1) is 10.5. The van der Waals surface area contributed by atoms with Crippen molar-refractivity contribution in [2.24, 2.45) is 0 Å². The second-order valence-electron chi connectivity index (χ2n) is 5.37. The van der Waals surface area contributed by atoms with Gasteiger partial charge in [0.1, 0.15) is 0 Å². The maximum absolute atomic E-state index is 11.9. The second-order valence-corrected chi connectivity index (χ2v) is 6.29. The molecule has 22 heavy (non-hydrogen) atoms. The monoisotopic (exact) mass is 361 g/mol. The van der Waals surface area contributed by atoms with Crippen LogP contribution in [-0.2, 0) is 13.1 Å². The topological polar surface area (TPSA) is 44.4 Å². The van der Waals surface area contributed by atoms with Gasteiger partial charge < -0.3 is 15.5 Å². The number of carbonyl (C=O) groups is 1. The molecule has 2 rings (SSSR count). The van der Waals surface area contributed by atoms with E-state index in [1.54, 1.807) is 0 Å². The first-order valence-corrected chi connectivity index (χ1v) is 7.85. The van der Waals surface area contributed by atoms with Gasteiger partial charge in [0, 0.05) is 23.2 Å². The van der Waals surface area contributed by atoms with E-state index < -0.39 is 0 Å². The summed E-state index contributed by atoms with van der Waals surface area (Å²) in [7, 11) is 4.08. The summed E-state index contributed by atoms with van der Waals surface area (Å²) in [6, 6.07) is 15.5. The molecule has 2 amide bonds. The van der Waals surface area contributed by atoms with E-state index in [0.717, 1.165) is 22.3 Å². The Balaban J connectivity index is 1.86. The molecule has 0 aliphatic heterocycles. The van der Waals surface area contributed by atoms with Crippen molar-refractivity contribution < 1.29 is 4.79 Å². The predicted molar refractivity (Wildman–Crippen MR) is 93.8 cm³/mol. The van der Waals surface area contributed by atoms with Crippen molar-refractivity contribution in [1.82, 2.24) is 10.2 Å². The van der Waals surface area contributed by atoms with Crippen LogP contribution < -0.4 is 10.6 Å². The van der Waals surface area contributed by atoms with Crippen LogP contribution in [0, 0.1) is 0 Å². The maximum atomic E-state index is 11.9. The maximum Gasteiger partial charge on any atom is 0.319 e. The summed E-state index contributed by atoms with van der Waals surface area (Å²) in [6.07, 6.45) is 0. The quantitative estimate of drug-likeness (QED) is 0.849. The second kappa shape index (κ2) is 7.96. The van der Waals surface area contributed by atoms with Gasteiger partial charge in [0.05, 0.1) is 0 Å². The van der Waals surface area contributed by atoms with Gasteiger partial charge in [0.25, 0.3) is 0 Å². The Kier molecular flexibility index (Phi) is 5.98. The van der Waals surface area contributed by atoms with Gasteiger partial charge in [-0.3, -0.25) is 0 Å². The summed E-state index contributed by atoms with van der Waals surface area (Å²) in [5, 5.41) is 5.67. The Morgan fingerprint density at radius 3 is 2.45 bits per heavy atom. The molecule has 0 bridgehead atoms. The number of amides is 2. The minimum Gasteiger partial charge on any atom is -0.334 e.